The summed E-state index contributed by atoms with van der Waals surface area (Å²) in [6, 6.07) is 0.359. The van der Waals surface area contributed by atoms with Crippen LogP contribution >= 0.6 is 11.8 Å². The van der Waals surface area contributed by atoms with Crippen molar-refractivity contribution in [3.05, 3.63) is 0 Å². The van der Waals surface area contributed by atoms with E-state index in [4.69, 9.17) is 5.11 Å². The minimum atomic E-state index is -0.807. The average Bonchev–Trinajstić information content (AvgIpc) is 2.64. The van der Waals surface area contributed by atoms with Crippen LogP contribution in [0.4, 0.5) is 0 Å². The van der Waals surface area contributed by atoms with E-state index in [0.717, 1.165) is 12.8 Å². The van der Waals surface area contributed by atoms with E-state index in [-0.39, 0.29) is 12.3 Å². The van der Waals surface area contributed by atoms with Crippen LogP contribution in [0.25, 0.3) is 0 Å². The highest BCUT2D eigenvalue weighted by molar-refractivity contribution is 7.99. The Morgan fingerprint density at radius 2 is 2.00 bits per heavy atom. The van der Waals surface area contributed by atoms with Crippen LogP contribution in [0.5, 0.6) is 0 Å². The van der Waals surface area contributed by atoms with Crippen molar-refractivity contribution in [3.63, 3.8) is 0 Å². The zero-order valence-electron chi connectivity index (χ0n) is 8.70. The molecule has 0 bridgehead atoms. The van der Waals surface area contributed by atoms with Gasteiger partial charge in [0.1, 0.15) is 0 Å². The molecule has 2 N–H and O–H groups in total. The molecule has 1 aliphatic rings. The average molecular weight is 231 g/mol. The number of carbonyl (C=O) groups excluding carboxylic acids is 1. The van der Waals surface area contributed by atoms with Crippen LogP contribution in [-0.2, 0) is 9.59 Å². The van der Waals surface area contributed by atoms with Gasteiger partial charge in [-0.1, -0.05) is 12.8 Å². The summed E-state index contributed by atoms with van der Waals surface area (Å²) < 4.78 is 0. The van der Waals surface area contributed by atoms with Crippen molar-refractivity contribution in [2.24, 2.45) is 0 Å². The molecule has 0 aromatic heterocycles. The van der Waals surface area contributed by atoms with Gasteiger partial charge in [-0.3, -0.25) is 9.59 Å². The lowest BCUT2D eigenvalue weighted by molar-refractivity contribution is -0.136. The number of carboxylic acids is 1. The second kappa shape index (κ2) is 6.71. The molecule has 5 heteroatoms. The highest BCUT2D eigenvalue weighted by atomic mass is 32.2. The number of amides is 1. The third-order valence-electron chi connectivity index (χ3n) is 2.41. The predicted octanol–water partition coefficient (Wildman–Crippen LogP) is 1.25. The van der Waals surface area contributed by atoms with Gasteiger partial charge in [0, 0.05) is 11.8 Å². The summed E-state index contributed by atoms with van der Waals surface area (Å²) in [5.74, 6) is 0.119. The predicted molar refractivity (Wildman–Crippen MR) is 60.0 cm³/mol. The van der Waals surface area contributed by atoms with Gasteiger partial charge in [-0.05, 0) is 12.8 Å². The molecule has 0 aromatic rings. The van der Waals surface area contributed by atoms with Gasteiger partial charge in [-0.2, -0.15) is 11.8 Å². The molecule has 1 amide bonds. The van der Waals surface area contributed by atoms with Gasteiger partial charge >= 0.3 is 5.97 Å². The maximum absolute atomic E-state index is 11.4. The first kappa shape index (κ1) is 12.4. The topological polar surface area (TPSA) is 66.4 Å². The van der Waals surface area contributed by atoms with Gasteiger partial charge in [0.15, 0.2) is 0 Å². The molecule has 15 heavy (non-hydrogen) atoms. The summed E-state index contributed by atoms with van der Waals surface area (Å²) in [4.78, 5) is 21.6. The Kier molecular flexibility index (Phi) is 5.53. The van der Waals surface area contributed by atoms with E-state index < -0.39 is 5.97 Å². The van der Waals surface area contributed by atoms with E-state index in [1.165, 1.54) is 24.6 Å². The van der Waals surface area contributed by atoms with Crippen molar-refractivity contribution in [1.82, 2.24) is 5.32 Å². The van der Waals surface area contributed by atoms with Gasteiger partial charge in [0.2, 0.25) is 5.91 Å². The SMILES string of the molecule is O=C(O)CCSCC(=O)NC1CCCC1. The largest absolute Gasteiger partial charge is 0.481 e. The summed E-state index contributed by atoms with van der Waals surface area (Å²) in [5.41, 5.74) is 0. The lowest BCUT2D eigenvalue weighted by atomic mass is 10.2. The van der Waals surface area contributed by atoms with Crippen LogP contribution in [0.2, 0.25) is 0 Å². The van der Waals surface area contributed by atoms with Crippen molar-refractivity contribution in [1.29, 1.82) is 0 Å². The summed E-state index contributed by atoms with van der Waals surface area (Å²) in [6.07, 6.45) is 4.71. The molecule has 1 saturated carbocycles. The van der Waals surface area contributed by atoms with Crippen LogP contribution in [0, 0.1) is 0 Å². The molecule has 4 nitrogen and oxygen atoms in total. The van der Waals surface area contributed by atoms with Gasteiger partial charge in [0.05, 0.1) is 12.2 Å². The van der Waals surface area contributed by atoms with Crippen molar-refractivity contribution < 1.29 is 14.7 Å². The van der Waals surface area contributed by atoms with Crippen molar-refractivity contribution in [2.45, 2.75) is 38.1 Å². The zero-order valence-corrected chi connectivity index (χ0v) is 9.52. The molecular weight excluding hydrogens is 214 g/mol. The number of nitrogens with one attached hydrogen (secondary N) is 1. The molecule has 1 fully saturated rings. The quantitative estimate of drug-likeness (QED) is 0.675. The fourth-order valence-electron chi connectivity index (χ4n) is 1.66. The fourth-order valence-corrected chi connectivity index (χ4v) is 2.40. The van der Waals surface area contributed by atoms with Crippen LogP contribution in [0.3, 0.4) is 0 Å². The first-order chi connectivity index (χ1) is 7.18. The summed E-state index contributed by atoms with van der Waals surface area (Å²) in [7, 11) is 0. The number of carbonyl (C=O) groups is 2. The van der Waals surface area contributed by atoms with Crippen molar-refractivity contribution >= 4 is 23.6 Å². The van der Waals surface area contributed by atoms with Crippen LogP contribution < -0.4 is 5.32 Å². The molecule has 0 aliphatic heterocycles. The Bertz CT molecular complexity index is 227. The fraction of sp³-hybridized carbons (Fsp3) is 0.800. The molecule has 0 unspecified atom stereocenters. The molecule has 0 radical (unpaired) electrons. The summed E-state index contributed by atoms with van der Waals surface area (Å²) in [5, 5.41) is 11.4. The third-order valence-corrected chi connectivity index (χ3v) is 3.37. The molecule has 0 spiro atoms. The molecule has 1 aliphatic carbocycles. The maximum atomic E-state index is 11.4. The van der Waals surface area contributed by atoms with Crippen molar-refractivity contribution in [3.8, 4) is 0 Å². The minimum absolute atomic E-state index is 0.0392. The zero-order chi connectivity index (χ0) is 11.1. The molecule has 0 aromatic carbocycles. The maximum Gasteiger partial charge on any atom is 0.304 e. The van der Waals surface area contributed by atoms with Gasteiger partial charge in [-0.15, -0.1) is 0 Å². The lowest BCUT2D eigenvalue weighted by Gasteiger charge is -2.11. The Morgan fingerprint density at radius 1 is 1.33 bits per heavy atom. The van der Waals surface area contributed by atoms with Crippen molar-refractivity contribution in [2.75, 3.05) is 11.5 Å². The molecule has 1 rings (SSSR count). The number of rotatable bonds is 6. The second-order valence-electron chi connectivity index (χ2n) is 3.75. The minimum Gasteiger partial charge on any atom is -0.481 e. The number of carboxylic acid groups (broad SMARTS) is 1. The van der Waals surface area contributed by atoms with Gasteiger partial charge in [-0.25, -0.2) is 0 Å². The van der Waals surface area contributed by atoms with Crippen LogP contribution in [0.1, 0.15) is 32.1 Å². The number of thioether (sulfide) groups is 1. The number of aliphatic carboxylic acids is 1. The summed E-state index contributed by atoms with van der Waals surface area (Å²) >= 11 is 1.38. The second-order valence-corrected chi connectivity index (χ2v) is 4.85. The van der Waals surface area contributed by atoms with E-state index in [9.17, 15) is 9.59 Å². The van der Waals surface area contributed by atoms with Crippen LogP contribution in [0.15, 0.2) is 0 Å². The standard InChI is InChI=1S/C10H17NO3S/c12-9(7-15-6-5-10(13)14)11-8-3-1-2-4-8/h8H,1-7H2,(H,11,12)(H,13,14). The smallest absolute Gasteiger partial charge is 0.304 e. The number of hydrogen-bond donors (Lipinski definition) is 2. The monoisotopic (exact) mass is 231 g/mol. The molecule has 0 saturated heterocycles. The van der Waals surface area contributed by atoms with E-state index in [2.05, 4.69) is 5.32 Å². The summed E-state index contributed by atoms with van der Waals surface area (Å²) in [6.45, 7) is 0. The first-order valence-corrected chi connectivity index (χ1v) is 6.43. The highest BCUT2D eigenvalue weighted by Crippen LogP contribution is 2.17. The van der Waals surface area contributed by atoms with E-state index in [1.54, 1.807) is 0 Å². The molecule has 0 heterocycles. The Hall–Kier alpha value is -0.710. The van der Waals surface area contributed by atoms with Gasteiger partial charge < -0.3 is 10.4 Å². The Balaban J connectivity index is 2.00. The van der Waals surface area contributed by atoms with E-state index in [1.807, 2.05) is 0 Å². The van der Waals surface area contributed by atoms with Crippen LogP contribution in [-0.4, -0.2) is 34.5 Å². The van der Waals surface area contributed by atoms with Gasteiger partial charge in [0.25, 0.3) is 0 Å². The lowest BCUT2D eigenvalue weighted by Crippen LogP contribution is -2.33. The third kappa shape index (κ3) is 5.67. The Morgan fingerprint density at radius 3 is 2.60 bits per heavy atom. The number of hydrogen-bond acceptors (Lipinski definition) is 3. The first-order valence-electron chi connectivity index (χ1n) is 5.27. The molecular formula is C10H17NO3S. The molecule has 0 atom stereocenters. The Labute approximate surface area is 93.8 Å². The van der Waals surface area contributed by atoms with E-state index >= 15 is 0 Å². The normalized spacial score (nSPS) is 16.5. The van der Waals surface area contributed by atoms with E-state index in [0.29, 0.717) is 17.5 Å². The highest BCUT2D eigenvalue weighted by Gasteiger charge is 2.16. The molecule has 86 valence electrons.